The molecule has 0 aliphatic heterocycles. The van der Waals surface area contributed by atoms with Gasteiger partial charge in [0.25, 0.3) is 5.91 Å². The third kappa shape index (κ3) is 3.73. The van der Waals surface area contributed by atoms with Crippen LogP contribution in [0.2, 0.25) is 0 Å². The molecule has 1 amide bonds. The van der Waals surface area contributed by atoms with Crippen LogP contribution >= 0.6 is 11.3 Å². The fourth-order valence-electron chi connectivity index (χ4n) is 1.92. The van der Waals surface area contributed by atoms with Crippen molar-refractivity contribution in [2.75, 3.05) is 6.54 Å². The molecule has 2 rings (SSSR count). The van der Waals surface area contributed by atoms with E-state index in [2.05, 4.69) is 10.3 Å². The molecule has 7 heteroatoms. The van der Waals surface area contributed by atoms with Crippen molar-refractivity contribution in [2.24, 2.45) is 0 Å². The van der Waals surface area contributed by atoms with Gasteiger partial charge in [-0.3, -0.25) is 4.79 Å². The Morgan fingerprint density at radius 2 is 2.18 bits per heavy atom. The van der Waals surface area contributed by atoms with Crippen molar-refractivity contribution in [3.05, 3.63) is 39.2 Å². The van der Waals surface area contributed by atoms with E-state index in [0.29, 0.717) is 29.3 Å². The van der Waals surface area contributed by atoms with Crippen molar-refractivity contribution >= 4 is 23.2 Å². The highest BCUT2D eigenvalue weighted by Gasteiger charge is 2.16. The molecular formula is C15H18N2O4S. The van der Waals surface area contributed by atoms with Crippen LogP contribution in [0.15, 0.2) is 15.9 Å². The van der Waals surface area contributed by atoms with Crippen LogP contribution in [-0.4, -0.2) is 28.5 Å². The number of hydrogen-bond acceptors (Lipinski definition) is 5. The van der Waals surface area contributed by atoms with E-state index < -0.39 is 5.97 Å². The topological polar surface area (TPSA) is 92.4 Å². The van der Waals surface area contributed by atoms with Crippen molar-refractivity contribution in [3.8, 4) is 0 Å². The summed E-state index contributed by atoms with van der Waals surface area (Å²) < 4.78 is 5.56. The quantitative estimate of drug-likeness (QED) is 0.853. The first kappa shape index (κ1) is 16.2. The Morgan fingerprint density at radius 3 is 2.73 bits per heavy atom. The molecule has 0 aliphatic rings. The SMILES string of the molecule is Cc1oc(C(C)C)cc1C(=O)NCCc1nc(C(=O)O)cs1. The number of carboxylic acids is 1. The highest BCUT2D eigenvalue weighted by molar-refractivity contribution is 7.09. The normalized spacial score (nSPS) is 10.9. The highest BCUT2D eigenvalue weighted by atomic mass is 32.1. The molecular weight excluding hydrogens is 304 g/mol. The minimum atomic E-state index is -1.04. The van der Waals surface area contributed by atoms with Crippen LogP contribution in [0, 0.1) is 6.92 Å². The van der Waals surface area contributed by atoms with Gasteiger partial charge in [0, 0.05) is 24.3 Å². The lowest BCUT2D eigenvalue weighted by atomic mass is 10.1. The number of carbonyl (C=O) groups is 2. The van der Waals surface area contributed by atoms with Gasteiger partial charge in [-0.05, 0) is 13.0 Å². The molecule has 0 fully saturated rings. The van der Waals surface area contributed by atoms with Gasteiger partial charge in [-0.25, -0.2) is 9.78 Å². The van der Waals surface area contributed by atoms with Gasteiger partial charge in [-0.15, -0.1) is 11.3 Å². The minimum Gasteiger partial charge on any atom is -0.476 e. The number of nitrogens with one attached hydrogen (secondary N) is 1. The van der Waals surface area contributed by atoms with Gasteiger partial charge in [0.2, 0.25) is 0 Å². The Hall–Kier alpha value is -2.15. The number of thiazole rings is 1. The average Bonchev–Trinajstić information content (AvgIpc) is 3.05. The number of rotatable bonds is 6. The number of hydrogen-bond donors (Lipinski definition) is 2. The van der Waals surface area contributed by atoms with Crippen molar-refractivity contribution in [2.45, 2.75) is 33.1 Å². The summed E-state index contributed by atoms with van der Waals surface area (Å²) in [5.74, 6) is 0.382. The second-order valence-electron chi connectivity index (χ2n) is 5.21. The van der Waals surface area contributed by atoms with E-state index in [4.69, 9.17) is 9.52 Å². The minimum absolute atomic E-state index is 0.0404. The van der Waals surface area contributed by atoms with Gasteiger partial charge >= 0.3 is 5.97 Å². The third-order valence-electron chi connectivity index (χ3n) is 3.15. The maximum absolute atomic E-state index is 12.1. The number of carbonyl (C=O) groups excluding carboxylic acids is 1. The second-order valence-corrected chi connectivity index (χ2v) is 6.15. The number of amides is 1. The van der Waals surface area contributed by atoms with Gasteiger partial charge in [-0.1, -0.05) is 13.8 Å². The molecule has 2 aromatic rings. The summed E-state index contributed by atoms with van der Waals surface area (Å²) in [5, 5.41) is 13.8. The van der Waals surface area contributed by atoms with Gasteiger partial charge in [0.15, 0.2) is 5.69 Å². The monoisotopic (exact) mass is 322 g/mol. The van der Waals surface area contributed by atoms with Crippen LogP contribution < -0.4 is 5.32 Å². The molecule has 2 heterocycles. The number of aromatic carboxylic acids is 1. The molecule has 22 heavy (non-hydrogen) atoms. The van der Waals surface area contributed by atoms with E-state index in [9.17, 15) is 9.59 Å². The van der Waals surface area contributed by atoms with Gasteiger partial charge in [-0.2, -0.15) is 0 Å². The van der Waals surface area contributed by atoms with Gasteiger partial charge < -0.3 is 14.8 Å². The summed E-state index contributed by atoms with van der Waals surface area (Å²) >= 11 is 1.27. The Morgan fingerprint density at radius 1 is 1.45 bits per heavy atom. The molecule has 0 saturated heterocycles. The van der Waals surface area contributed by atoms with Crippen molar-refractivity contribution in [1.29, 1.82) is 0 Å². The summed E-state index contributed by atoms with van der Waals surface area (Å²) in [6.07, 6.45) is 0.498. The predicted molar refractivity (Wildman–Crippen MR) is 82.6 cm³/mol. The Bertz CT molecular complexity index is 688. The molecule has 0 bridgehead atoms. The molecule has 0 atom stereocenters. The summed E-state index contributed by atoms with van der Waals surface area (Å²) in [4.78, 5) is 26.8. The van der Waals surface area contributed by atoms with Crippen LogP contribution in [0.25, 0.3) is 0 Å². The number of aryl methyl sites for hydroxylation is 1. The van der Waals surface area contributed by atoms with Gasteiger partial charge in [0.1, 0.15) is 11.5 Å². The lowest BCUT2D eigenvalue weighted by molar-refractivity contribution is 0.0690. The lowest BCUT2D eigenvalue weighted by Gasteiger charge is -2.02. The number of furan rings is 1. The molecule has 0 saturated carbocycles. The van der Waals surface area contributed by atoms with Crippen LogP contribution in [0.1, 0.15) is 57.1 Å². The van der Waals surface area contributed by atoms with Gasteiger partial charge in [0.05, 0.1) is 10.6 Å². The van der Waals surface area contributed by atoms with Crippen LogP contribution in [0.3, 0.4) is 0 Å². The first-order chi connectivity index (χ1) is 10.4. The average molecular weight is 322 g/mol. The van der Waals surface area contributed by atoms with Crippen LogP contribution in [-0.2, 0) is 6.42 Å². The fraction of sp³-hybridized carbons (Fsp3) is 0.400. The second kappa shape index (κ2) is 6.74. The van der Waals surface area contributed by atoms with Crippen molar-refractivity contribution in [3.63, 3.8) is 0 Å². The first-order valence-electron chi connectivity index (χ1n) is 6.94. The zero-order chi connectivity index (χ0) is 16.3. The van der Waals surface area contributed by atoms with E-state index in [1.807, 2.05) is 13.8 Å². The lowest BCUT2D eigenvalue weighted by Crippen LogP contribution is -2.25. The smallest absolute Gasteiger partial charge is 0.355 e. The highest BCUT2D eigenvalue weighted by Crippen LogP contribution is 2.21. The Balaban J connectivity index is 1.91. The number of aromatic nitrogens is 1. The van der Waals surface area contributed by atoms with Crippen molar-refractivity contribution < 1.29 is 19.1 Å². The number of carboxylic acid groups (broad SMARTS) is 1. The summed E-state index contributed by atoms with van der Waals surface area (Å²) in [7, 11) is 0. The molecule has 2 aromatic heterocycles. The number of nitrogens with zero attached hydrogens (tertiary/aromatic N) is 1. The molecule has 0 radical (unpaired) electrons. The molecule has 0 unspecified atom stereocenters. The molecule has 0 aliphatic carbocycles. The molecule has 118 valence electrons. The van der Waals surface area contributed by atoms with E-state index in [0.717, 1.165) is 5.76 Å². The molecule has 0 spiro atoms. The Kier molecular flexibility index (Phi) is 4.97. The standard InChI is InChI=1S/C15H18N2O4S/c1-8(2)12-6-10(9(3)21-12)14(18)16-5-4-13-17-11(7-22-13)15(19)20/h6-8H,4-5H2,1-3H3,(H,16,18)(H,19,20). The van der Waals surface area contributed by atoms with E-state index in [1.165, 1.54) is 16.7 Å². The van der Waals surface area contributed by atoms with Crippen LogP contribution in [0.4, 0.5) is 0 Å². The largest absolute Gasteiger partial charge is 0.476 e. The first-order valence-corrected chi connectivity index (χ1v) is 7.82. The van der Waals surface area contributed by atoms with E-state index in [1.54, 1.807) is 13.0 Å². The van der Waals surface area contributed by atoms with Crippen LogP contribution in [0.5, 0.6) is 0 Å². The molecule has 2 N–H and O–H groups in total. The van der Waals surface area contributed by atoms with E-state index in [-0.39, 0.29) is 17.5 Å². The third-order valence-corrected chi connectivity index (χ3v) is 4.05. The maximum Gasteiger partial charge on any atom is 0.355 e. The molecule has 0 aromatic carbocycles. The summed E-state index contributed by atoms with van der Waals surface area (Å²) in [5.41, 5.74) is 0.577. The zero-order valence-corrected chi connectivity index (χ0v) is 13.5. The zero-order valence-electron chi connectivity index (χ0n) is 12.7. The van der Waals surface area contributed by atoms with Crippen molar-refractivity contribution in [1.82, 2.24) is 10.3 Å². The van der Waals surface area contributed by atoms with E-state index >= 15 is 0 Å². The maximum atomic E-state index is 12.1. The summed E-state index contributed by atoms with van der Waals surface area (Å²) in [6, 6.07) is 1.77. The predicted octanol–water partition coefficient (Wildman–Crippen LogP) is 2.84. The molecule has 6 nitrogen and oxygen atoms in total. The Labute approximate surface area is 132 Å². The summed E-state index contributed by atoms with van der Waals surface area (Å²) in [6.45, 7) is 6.17. The fourth-order valence-corrected chi connectivity index (χ4v) is 2.69.